The SMILES string of the molecule is C=Cc1c(/C=C\C)c(C)cn1CC. The van der Waals surface area contributed by atoms with Crippen molar-refractivity contribution in [2.45, 2.75) is 27.3 Å². The van der Waals surface area contributed by atoms with Crippen molar-refractivity contribution in [3.8, 4) is 0 Å². The first-order valence-corrected chi connectivity index (χ1v) is 4.69. The molecule has 0 unspecified atom stereocenters. The largest absolute Gasteiger partial charge is 0.348 e. The molecule has 0 amide bonds. The third-order valence-electron chi connectivity index (χ3n) is 2.23. The van der Waals surface area contributed by atoms with Gasteiger partial charge in [0.1, 0.15) is 0 Å². The molecule has 0 aliphatic carbocycles. The van der Waals surface area contributed by atoms with E-state index in [-0.39, 0.29) is 0 Å². The highest BCUT2D eigenvalue weighted by Crippen LogP contribution is 2.19. The van der Waals surface area contributed by atoms with Gasteiger partial charge in [-0.15, -0.1) is 0 Å². The second-order valence-electron chi connectivity index (χ2n) is 3.10. The van der Waals surface area contributed by atoms with E-state index < -0.39 is 0 Å². The number of nitrogens with zero attached hydrogens (tertiary/aromatic N) is 1. The first-order chi connectivity index (χ1) is 6.24. The first-order valence-electron chi connectivity index (χ1n) is 4.69. The predicted molar refractivity (Wildman–Crippen MR) is 59.6 cm³/mol. The number of hydrogen-bond donors (Lipinski definition) is 0. The lowest BCUT2D eigenvalue weighted by atomic mass is 10.1. The van der Waals surface area contributed by atoms with Gasteiger partial charge in [-0.25, -0.2) is 0 Å². The molecule has 0 bridgehead atoms. The second-order valence-corrected chi connectivity index (χ2v) is 3.10. The summed E-state index contributed by atoms with van der Waals surface area (Å²) in [5, 5.41) is 0. The Morgan fingerprint density at radius 3 is 2.69 bits per heavy atom. The maximum absolute atomic E-state index is 3.84. The molecule has 1 heterocycles. The molecule has 0 saturated carbocycles. The van der Waals surface area contributed by atoms with E-state index in [1.165, 1.54) is 16.8 Å². The summed E-state index contributed by atoms with van der Waals surface area (Å²) in [5.41, 5.74) is 3.83. The van der Waals surface area contributed by atoms with Gasteiger partial charge in [0.25, 0.3) is 0 Å². The number of allylic oxidation sites excluding steroid dienone is 1. The molecule has 0 aliphatic rings. The molecule has 1 nitrogen and oxygen atoms in total. The fraction of sp³-hybridized carbons (Fsp3) is 0.333. The average molecular weight is 175 g/mol. The molecule has 1 rings (SSSR count). The van der Waals surface area contributed by atoms with Gasteiger partial charge >= 0.3 is 0 Å². The Balaban J connectivity index is 3.30. The molecule has 1 aromatic rings. The maximum atomic E-state index is 3.84. The molecule has 0 fully saturated rings. The van der Waals surface area contributed by atoms with E-state index in [0.717, 1.165) is 6.54 Å². The van der Waals surface area contributed by atoms with E-state index >= 15 is 0 Å². The monoisotopic (exact) mass is 175 g/mol. The highest BCUT2D eigenvalue weighted by molar-refractivity contribution is 5.65. The van der Waals surface area contributed by atoms with Crippen LogP contribution in [0.5, 0.6) is 0 Å². The van der Waals surface area contributed by atoms with Crippen LogP contribution in [0.1, 0.15) is 30.7 Å². The molecule has 0 saturated heterocycles. The Hall–Kier alpha value is -1.24. The van der Waals surface area contributed by atoms with Crippen molar-refractivity contribution in [1.29, 1.82) is 0 Å². The molecule has 1 heteroatoms. The van der Waals surface area contributed by atoms with Crippen LogP contribution >= 0.6 is 0 Å². The van der Waals surface area contributed by atoms with Gasteiger partial charge in [0.05, 0.1) is 0 Å². The summed E-state index contributed by atoms with van der Waals surface area (Å²) in [7, 11) is 0. The Morgan fingerprint density at radius 2 is 2.23 bits per heavy atom. The predicted octanol–water partition coefficient (Wildman–Crippen LogP) is 3.49. The maximum Gasteiger partial charge on any atom is 0.0476 e. The minimum Gasteiger partial charge on any atom is -0.348 e. The lowest BCUT2D eigenvalue weighted by Gasteiger charge is -2.01. The van der Waals surface area contributed by atoms with Crippen LogP contribution in [0.25, 0.3) is 12.2 Å². The van der Waals surface area contributed by atoms with Crippen molar-refractivity contribution in [1.82, 2.24) is 4.57 Å². The van der Waals surface area contributed by atoms with E-state index in [2.05, 4.69) is 43.3 Å². The van der Waals surface area contributed by atoms with Crippen molar-refractivity contribution >= 4 is 12.2 Å². The van der Waals surface area contributed by atoms with Crippen LogP contribution in [0.4, 0.5) is 0 Å². The smallest absolute Gasteiger partial charge is 0.0476 e. The van der Waals surface area contributed by atoms with Gasteiger partial charge in [-0.05, 0) is 32.4 Å². The zero-order valence-corrected chi connectivity index (χ0v) is 8.67. The third kappa shape index (κ3) is 1.74. The van der Waals surface area contributed by atoms with Gasteiger partial charge in [0, 0.05) is 24.0 Å². The van der Waals surface area contributed by atoms with Gasteiger partial charge in [0.15, 0.2) is 0 Å². The molecule has 70 valence electrons. The Labute approximate surface area is 80.4 Å². The van der Waals surface area contributed by atoms with Crippen molar-refractivity contribution in [3.63, 3.8) is 0 Å². The molecule has 13 heavy (non-hydrogen) atoms. The summed E-state index contributed by atoms with van der Waals surface area (Å²) in [4.78, 5) is 0. The number of rotatable bonds is 3. The Morgan fingerprint density at radius 1 is 1.54 bits per heavy atom. The molecule has 0 radical (unpaired) electrons. The van der Waals surface area contributed by atoms with Gasteiger partial charge in [-0.2, -0.15) is 0 Å². The highest BCUT2D eigenvalue weighted by Gasteiger charge is 2.05. The summed E-state index contributed by atoms with van der Waals surface area (Å²) in [6.07, 6.45) is 8.30. The number of hydrogen-bond acceptors (Lipinski definition) is 0. The molecular weight excluding hydrogens is 158 g/mol. The zero-order valence-electron chi connectivity index (χ0n) is 8.67. The van der Waals surface area contributed by atoms with Crippen molar-refractivity contribution in [2.75, 3.05) is 0 Å². The third-order valence-corrected chi connectivity index (χ3v) is 2.23. The highest BCUT2D eigenvalue weighted by atomic mass is 15.0. The number of aryl methyl sites for hydroxylation is 2. The van der Waals surface area contributed by atoms with Crippen LogP contribution in [-0.2, 0) is 6.54 Å². The fourth-order valence-electron chi connectivity index (χ4n) is 1.60. The molecular formula is C12H17N. The van der Waals surface area contributed by atoms with E-state index in [9.17, 15) is 0 Å². The molecule has 0 aromatic carbocycles. The quantitative estimate of drug-likeness (QED) is 0.662. The van der Waals surface area contributed by atoms with Crippen LogP contribution in [0.2, 0.25) is 0 Å². The van der Waals surface area contributed by atoms with Crippen LogP contribution in [0.3, 0.4) is 0 Å². The zero-order chi connectivity index (χ0) is 9.84. The minimum absolute atomic E-state index is 1.000. The summed E-state index contributed by atoms with van der Waals surface area (Å²) < 4.78 is 2.22. The second kappa shape index (κ2) is 4.13. The van der Waals surface area contributed by atoms with E-state index in [4.69, 9.17) is 0 Å². The number of aromatic nitrogens is 1. The Bertz CT molecular complexity index is 329. The van der Waals surface area contributed by atoms with Gasteiger partial charge in [-0.1, -0.05) is 18.7 Å². The summed E-state index contributed by atoms with van der Waals surface area (Å²) in [6.45, 7) is 11.2. The summed E-state index contributed by atoms with van der Waals surface area (Å²) in [5.74, 6) is 0. The molecule has 1 aromatic heterocycles. The van der Waals surface area contributed by atoms with Crippen molar-refractivity contribution < 1.29 is 0 Å². The first kappa shape index (κ1) is 9.85. The summed E-state index contributed by atoms with van der Waals surface area (Å²) >= 11 is 0. The van der Waals surface area contributed by atoms with E-state index in [1.54, 1.807) is 0 Å². The van der Waals surface area contributed by atoms with Crippen LogP contribution in [-0.4, -0.2) is 4.57 Å². The molecule has 0 N–H and O–H groups in total. The van der Waals surface area contributed by atoms with Crippen molar-refractivity contribution in [3.05, 3.63) is 35.7 Å². The molecule has 0 atom stereocenters. The minimum atomic E-state index is 1.000. The average Bonchev–Trinajstić information content (AvgIpc) is 2.44. The summed E-state index contributed by atoms with van der Waals surface area (Å²) in [6, 6.07) is 0. The molecule has 0 aliphatic heterocycles. The van der Waals surface area contributed by atoms with Crippen molar-refractivity contribution in [2.24, 2.45) is 0 Å². The van der Waals surface area contributed by atoms with Crippen LogP contribution < -0.4 is 0 Å². The van der Waals surface area contributed by atoms with Gasteiger partial charge in [0.2, 0.25) is 0 Å². The van der Waals surface area contributed by atoms with Crippen LogP contribution in [0.15, 0.2) is 18.9 Å². The van der Waals surface area contributed by atoms with E-state index in [1.807, 2.05) is 13.0 Å². The van der Waals surface area contributed by atoms with E-state index in [0.29, 0.717) is 0 Å². The topological polar surface area (TPSA) is 4.93 Å². The Kier molecular flexibility index (Phi) is 3.13. The lowest BCUT2D eigenvalue weighted by molar-refractivity contribution is 0.760. The van der Waals surface area contributed by atoms with Crippen LogP contribution in [0, 0.1) is 6.92 Å². The molecule has 0 spiro atoms. The van der Waals surface area contributed by atoms with Gasteiger partial charge in [-0.3, -0.25) is 0 Å². The standard InChI is InChI=1S/C12H17N/c1-5-8-11-10(4)9-13(7-3)12(11)6-2/h5-6,8-9H,2,7H2,1,3-4H3/b8-5-. The van der Waals surface area contributed by atoms with Gasteiger partial charge < -0.3 is 4.57 Å². The fourth-order valence-corrected chi connectivity index (χ4v) is 1.60. The lowest BCUT2D eigenvalue weighted by Crippen LogP contribution is -1.94. The normalized spacial score (nSPS) is 11.0.